The van der Waals surface area contributed by atoms with E-state index in [1.807, 2.05) is 0 Å². The van der Waals surface area contributed by atoms with Crippen molar-refractivity contribution >= 4 is 0 Å². The van der Waals surface area contributed by atoms with Crippen molar-refractivity contribution in [1.82, 2.24) is 9.78 Å². The fraction of sp³-hybridized carbons (Fsp3) is 0.769. The first-order valence-corrected chi connectivity index (χ1v) is 6.05. The molecule has 1 heterocycles. The van der Waals surface area contributed by atoms with E-state index in [1.165, 1.54) is 30.5 Å². The number of aryl methyl sites for hydroxylation is 1. The van der Waals surface area contributed by atoms with Crippen LogP contribution in [0.4, 0.5) is 0 Å². The van der Waals surface area contributed by atoms with Crippen LogP contribution in [0.25, 0.3) is 0 Å². The highest BCUT2D eigenvalue weighted by Crippen LogP contribution is 2.31. The number of unbranched alkanes of at least 4 members (excludes halogenated alkanes) is 1. The van der Waals surface area contributed by atoms with Crippen LogP contribution in [0, 0.1) is 6.92 Å². The maximum atomic E-state index is 4.43. The van der Waals surface area contributed by atoms with Crippen LogP contribution in [0.3, 0.4) is 0 Å². The van der Waals surface area contributed by atoms with Gasteiger partial charge in [0.2, 0.25) is 0 Å². The highest BCUT2D eigenvalue weighted by atomic mass is 15.3. The molecule has 0 aliphatic heterocycles. The highest BCUT2D eigenvalue weighted by Gasteiger charge is 2.24. The molecule has 1 aromatic rings. The topological polar surface area (TPSA) is 17.8 Å². The molecule has 0 saturated heterocycles. The normalized spacial score (nSPS) is 12.1. The molecule has 0 amide bonds. The molecular weight excluding hydrogens is 184 g/mol. The van der Waals surface area contributed by atoms with Gasteiger partial charge in [0.1, 0.15) is 0 Å². The molecule has 0 bridgehead atoms. The van der Waals surface area contributed by atoms with E-state index in [9.17, 15) is 0 Å². The van der Waals surface area contributed by atoms with Gasteiger partial charge in [-0.2, -0.15) is 5.10 Å². The Labute approximate surface area is 93.7 Å². The minimum atomic E-state index is 0.271. The quantitative estimate of drug-likeness (QED) is 0.721. The van der Waals surface area contributed by atoms with E-state index in [2.05, 4.69) is 50.6 Å². The molecule has 0 N–H and O–H groups in total. The van der Waals surface area contributed by atoms with Gasteiger partial charge in [-0.3, -0.25) is 4.68 Å². The first-order chi connectivity index (χ1) is 7.03. The molecular formula is C13H24N2. The van der Waals surface area contributed by atoms with Gasteiger partial charge in [-0.1, -0.05) is 33.6 Å². The van der Waals surface area contributed by atoms with Crippen molar-refractivity contribution in [2.45, 2.75) is 65.8 Å². The Morgan fingerprint density at radius 1 is 1.33 bits per heavy atom. The van der Waals surface area contributed by atoms with Gasteiger partial charge in [0.25, 0.3) is 0 Å². The Morgan fingerprint density at radius 2 is 2.00 bits per heavy atom. The van der Waals surface area contributed by atoms with Crippen molar-refractivity contribution in [2.24, 2.45) is 0 Å². The van der Waals surface area contributed by atoms with Gasteiger partial charge < -0.3 is 0 Å². The molecule has 2 nitrogen and oxygen atoms in total. The molecule has 15 heavy (non-hydrogen) atoms. The summed E-state index contributed by atoms with van der Waals surface area (Å²) in [6.45, 7) is 12.2. The van der Waals surface area contributed by atoms with Crippen molar-refractivity contribution in [1.29, 1.82) is 0 Å². The molecule has 0 aliphatic rings. The minimum absolute atomic E-state index is 0.271. The largest absolute Gasteiger partial charge is 0.270 e. The summed E-state index contributed by atoms with van der Waals surface area (Å²) in [6, 6.07) is 0. The number of hydrogen-bond donors (Lipinski definition) is 0. The third kappa shape index (κ3) is 2.61. The fourth-order valence-corrected chi connectivity index (χ4v) is 2.18. The van der Waals surface area contributed by atoms with E-state index < -0.39 is 0 Å². The predicted octanol–water partition coefficient (Wildman–Crippen LogP) is 3.68. The molecule has 0 saturated carbocycles. The second-order valence-electron chi connectivity index (χ2n) is 4.95. The minimum Gasteiger partial charge on any atom is -0.270 e. The molecule has 1 aromatic heterocycles. The third-order valence-corrected chi connectivity index (χ3v) is 3.29. The van der Waals surface area contributed by atoms with E-state index in [4.69, 9.17) is 0 Å². The molecule has 1 rings (SSSR count). The van der Waals surface area contributed by atoms with Gasteiger partial charge in [0.15, 0.2) is 0 Å². The molecule has 0 fully saturated rings. The summed E-state index contributed by atoms with van der Waals surface area (Å²) in [6.07, 6.45) is 5.86. The number of nitrogens with zero attached hydrogens (tertiary/aromatic N) is 2. The standard InChI is InChI=1S/C13H24N2/c1-6-8-9-13(4,5)12-10-14-15(7-2)11(12)3/h10H,6-9H2,1-5H3. The van der Waals surface area contributed by atoms with Crippen molar-refractivity contribution in [2.75, 3.05) is 0 Å². The predicted molar refractivity (Wildman–Crippen MR) is 65.2 cm³/mol. The summed E-state index contributed by atoms with van der Waals surface area (Å²) >= 11 is 0. The Bertz CT molecular complexity index is 310. The maximum Gasteiger partial charge on any atom is 0.0530 e. The lowest BCUT2D eigenvalue weighted by atomic mass is 9.80. The zero-order chi connectivity index (χ0) is 11.5. The van der Waals surface area contributed by atoms with Crippen LogP contribution in [0.2, 0.25) is 0 Å². The molecule has 0 aromatic carbocycles. The molecule has 0 radical (unpaired) electrons. The van der Waals surface area contributed by atoms with Gasteiger partial charge in [0.05, 0.1) is 6.20 Å². The van der Waals surface area contributed by atoms with Crippen LogP contribution in [0.1, 0.15) is 58.2 Å². The Morgan fingerprint density at radius 3 is 2.47 bits per heavy atom. The van der Waals surface area contributed by atoms with Gasteiger partial charge in [-0.15, -0.1) is 0 Å². The fourth-order valence-electron chi connectivity index (χ4n) is 2.18. The molecule has 2 heteroatoms. The summed E-state index contributed by atoms with van der Waals surface area (Å²) in [7, 11) is 0. The first-order valence-electron chi connectivity index (χ1n) is 6.05. The van der Waals surface area contributed by atoms with Crippen molar-refractivity contribution in [3.63, 3.8) is 0 Å². The number of aromatic nitrogens is 2. The lowest BCUT2D eigenvalue weighted by Gasteiger charge is -2.24. The Kier molecular flexibility index (Phi) is 3.95. The number of hydrogen-bond acceptors (Lipinski definition) is 1. The lowest BCUT2D eigenvalue weighted by Crippen LogP contribution is -2.18. The number of rotatable bonds is 5. The maximum absolute atomic E-state index is 4.43. The molecule has 0 spiro atoms. The molecule has 0 aliphatic carbocycles. The molecule has 0 atom stereocenters. The van der Waals surface area contributed by atoms with Gasteiger partial charge in [-0.05, 0) is 31.2 Å². The van der Waals surface area contributed by atoms with E-state index in [1.54, 1.807) is 0 Å². The zero-order valence-electron chi connectivity index (χ0n) is 10.8. The third-order valence-electron chi connectivity index (χ3n) is 3.29. The zero-order valence-corrected chi connectivity index (χ0v) is 10.8. The highest BCUT2D eigenvalue weighted by molar-refractivity contribution is 5.25. The van der Waals surface area contributed by atoms with Gasteiger partial charge in [0, 0.05) is 12.2 Å². The van der Waals surface area contributed by atoms with Crippen molar-refractivity contribution in [3.8, 4) is 0 Å². The molecule has 86 valence electrons. The lowest BCUT2D eigenvalue weighted by molar-refractivity contribution is 0.454. The van der Waals surface area contributed by atoms with Gasteiger partial charge in [-0.25, -0.2) is 0 Å². The van der Waals surface area contributed by atoms with Crippen LogP contribution < -0.4 is 0 Å². The SMILES string of the molecule is CCCCC(C)(C)c1cnn(CC)c1C. The van der Waals surface area contributed by atoms with E-state index in [0.29, 0.717) is 0 Å². The summed E-state index contributed by atoms with van der Waals surface area (Å²) in [5, 5.41) is 4.43. The van der Waals surface area contributed by atoms with Crippen LogP contribution in [-0.4, -0.2) is 9.78 Å². The summed E-state index contributed by atoms with van der Waals surface area (Å²) in [5.74, 6) is 0. The second-order valence-corrected chi connectivity index (χ2v) is 4.95. The average Bonchev–Trinajstić information content (AvgIpc) is 2.57. The summed E-state index contributed by atoms with van der Waals surface area (Å²) < 4.78 is 2.09. The summed E-state index contributed by atoms with van der Waals surface area (Å²) in [5.41, 5.74) is 3.02. The van der Waals surface area contributed by atoms with Crippen molar-refractivity contribution < 1.29 is 0 Å². The van der Waals surface area contributed by atoms with Crippen LogP contribution in [0.15, 0.2) is 6.20 Å². The van der Waals surface area contributed by atoms with Crippen LogP contribution in [-0.2, 0) is 12.0 Å². The summed E-state index contributed by atoms with van der Waals surface area (Å²) in [4.78, 5) is 0. The first kappa shape index (κ1) is 12.3. The van der Waals surface area contributed by atoms with Crippen LogP contribution in [0.5, 0.6) is 0 Å². The molecule has 0 unspecified atom stereocenters. The average molecular weight is 208 g/mol. The van der Waals surface area contributed by atoms with E-state index >= 15 is 0 Å². The van der Waals surface area contributed by atoms with E-state index in [-0.39, 0.29) is 5.41 Å². The monoisotopic (exact) mass is 208 g/mol. The second kappa shape index (κ2) is 4.82. The van der Waals surface area contributed by atoms with Crippen LogP contribution >= 0.6 is 0 Å². The Hall–Kier alpha value is -0.790. The Balaban J connectivity index is 2.88. The smallest absolute Gasteiger partial charge is 0.0530 e. The van der Waals surface area contributed by atoms with E-state index in [0.717, 1.165) is 6.54 Å². The van der Waals surface area contributed by atoms with Crippen molar-refractivity contribution in [3.05, 3.63) is 17.5 Å². The van der Waals surface area contributed by atoms with Gasteiger partial charge >= 0.3 is 0 Å².